The van der Waals surface area contributed by atoms with Gasteiger partial charge in [0.25, 0.3) is 0 Å². The third kappa shape index (κ3) is 4.90. The second-order valence-electron chi connectivity index (χ2n) is 4.36. The van der Waals surface area contributed by atoms with Crippen molar-refractivity contribution in [2.75, 3.05) is 0 Å². The zero-order valence-electron chi connectivity index (χ0n) is 9.34. The minimum absolute atomic E-state index is 0.265. The Labute approximate surface area is 103 Å². The third-order valence-corrected chi connectivity index (χ3v) is 3.18. The lowest BCUT2D eigenvalue weighted by Crippen LogP contribution is -2.05. The predicted octanol–water partition coefficient (Wildman–Crippen LogP) is 4.93. The molecule has 1 unspecified atom stereocenters. The van der Waals surface area contributed by atoms with Crippen LogP contribution < -0.4 is 0 Å². The molecule has 1 aromatic carbocycles. The fourth-order valence-electron chi connectivity index (χ4n) is 1.64. The van der Waals surface area contributed by atoms with Crippen molar-refractivity contribution < 1.29 is 0 Å². The number of halogens is 2. The van der Waals surface area contributed by atoms with E-state index in [2.05, 4.69) is 19.9 Å². The zero-order chi connectivity index (χ0) is 11.3. The van der Waals surface area contributed by atoms with Crippen LogP contribution >= 0.6 is 23.2 Å². The van der Waals surface area contributed by atoms with Crippen LogP contribution in [0.4, 0.5) is 0 Å². The van der Waals surface area contributed by atoms with E-state index in [1.807, 2.05) is 18.2 Å². The van der Waals surface area contributed by atoms with Crippen LogP contribution in [0.1, 0.15) is 32.3 Å². The van der Waals surface area contributed by atoms with E-state index >= 15 is 0 Å². The average molecular weight is 245 g/mol. The maximum absolute atomic E-state index is 6.23. The zero-order valence-corrected chi connectivity index (χ0v) is 10.9. The van der Waals surface area contributed by atoms with Gasteiger partial charge in [-0.3, -0.25) is 0 Å². The largest absolute Gasteiger partial charge is 0.123 e. The van der Waals surface area contributed by atoms with E-state index < -0.39 is 0 Å². The highest BCUT2D eigenvalue weighted by molar-refractivity contribution is 6.31. The molecule has 1 atom stereocenters. The van der Waals surface area contributed by atoms with Gasteiger partial charge in [0.05, 0.1) is 0 Å². The van der Waals surface area contributed by atoms with Crippen molar-refractivity contribution in [3.8, 4) is 0 Å². The molecule has 15 heavy (non-hydrogen) atoms. The SMILES string of the molecule is CC(C)CC(Cl)CCc1ccccc1Cl. The van der Waals surface area contributed by atoms with Crippen LogP contribution in [-0.4, -0.2) is 5.38 Å². The Morgan fingerprint density at radius 3 is 2.47 bits per heavy atom. The van der Waals surface area contributed by atoms with E-state index in [4.69, 9.17) is 23.2 Å². The lowest BCUT2D eigenvalue weighted by Gasteiger charge is -2.12. The Morgan fingerprint density at radius 2 is 1.87 bits per heavy atom. The van der Waals surface area contributed by atoms with Gasteiger partial charge in [-0.15, -0.1) is 11.6 Å². The van der Waals surface area contributed by atoms with Crippen LogP contribution in [0.15, 0.2) is 24.3 Å². The quantitative estimate of drug-likeness (QED) is 0.645. The van der Waals surface area contributed by atoms with Gasteiger partial charge < -0.3 is 0 Å². The first-order valence-electron chi connectivity index (χ1n) is 5.47. The average Bonchev–Trinajstić information content (AvgIpc) is 2.15. The van der Waals surface area contributed by atoms with Crippen molar-refractivity contribution in [2.24, 2.45) is 5.92 Å². The van der Waals surface area contributed by atoms with Crippen LogP contribution in [0, 0.1) is 5.92 Å². The molecular weight excluding hydrogens is 227 g/mol. The molecule has 0 aliphatic heterocycles. The lowest BCUT2D eigenvalue weighted by atomic mass is 10.0. The summed E-state index contributed by atoms with van der Waals surface area (Å²) >= 11 is 12.3. The summed E-state index contributed by atoms with van der Waals surface area (Å²) in [4.78, 5) is 0. The molecule has 0 bridgehead atoms. The Balaban J connectivity index is 2.40. The molecule has 0 saturated carbocycles. The van der Waals surface area contributed by atoms with E-state index in [-0.39, 0.29) is 5.38 Å². The Hall–Kier alpha value is -0.200. The van der Waals surface area contributed by atoms with E-state index in [9.17, 15) is 0 Å². The van der Waals surface area contributed by atoms with Crippen LogP contribution in [0.5, 0.6) is 0 Å². The van der Waals surface area contributed by atoms with E-state index in [1.165, 1.54) is 5.56 Å². The number of rotatable bonds is 5. The van der Waals surface area contributed by atoms with Crippen molar-refractivity contribution in [1.29, 1.82) is 0 Å². The van der Waals surface area contributed by atoms with Gasteiger partial charge in [0, 0.05) is 10.4 Å². The maximum atomic E-state index is 6.23. The minimum atomic E-state index is 0.265. The van der Waals surface area contributed by atoms with E-state index in [1.54, 1.807) is 0 Å². The molecule has 0 heterocycles. The van der Waals surface area contributed by atoms with E-state index in [0.29, 0.717) is 5.92 Å². The van der Waals surface area contributed by atoms with Gasteiger partial charge in [0.1, 0.15) is 0 Å². The molecule has 0 aliphatic rings. The molecule has 0 aliphatic carbocycles. The number of hydrogen-bond acceptors (Lipinski definition) is 0. The molecule has 0 nitrogen and oxygen atoms in total. The van der Waals surface area contributed by atoms with Crippen molar-refractivity contribution in [3.63, 3.8) is 0 Å². The second kappa shape index (κ2) is 6.40. The first-order valence-corrected chi connectivity index (χ1v) is 6.28. The third-order valence-electron chi connectivity index (χ3n) is 2.41. The van der Waals surface area contributed by atoms with Gasteiger partial charge in [-0.25, -0.2) is 0 Å². The summed E-state index contributed by atoms with van der Waals surface area (Å²) < 4.78 is 0. The smallest absolute Gasteiger partial charge is 0.0437 e. The van der Waals surface area contributed by atoms with Crippen LogP contribution in [0.25, 0.3) is 0 Å². The standard InChI is InChI=1S/C13H18Cl2/c1-10(2)9-12(14)8-7-11-5-3-4-6-13(11)15/h3-6,10,12H,7-9H2,1-2H3. The van der Waals surface area contributed by atoms with Crippen LogP contribution in [-0.2, 0) is 6.42 Å². The Kier molecular flexibility index (Phi) is 5.49. The highest BCUT2D eigenvalue weighted by atomic mass is 35.5. The highest BCUT2D eigenvalue weighted by Gasteiger charge is 2.08. The van der Waals surface area contributed by atoms with Crippen molar-refractivity contribution in [2.45, 2.75) is 38.5 Å². The van der Waals surface area contributed by atoms with Gasteiger partial charge >= 0.3 is 0 Å². The molecule has 0 N–H and O–H groups in total. The first-order chi connectivity index (χ1) is 7.09. The molecule has 1 rings (SSSR count). The summed E-state index contributed by atoms with van der Waals surface area (Å²) in [6, 6.07) is 7.98. The Morgan fingerprint density at radius 1 is 1.20 bits per heavy atom. The minimum Gasteiger partial charge on any atom is -0.123 e. The summed E-state index contributed by atoms with van der Waals surface area (Å²) in [5.41, 5.74) is 1.20. The maximum Gasteiger partial charge on any atom is 0.0437 e. The van der Waals surface area contributed by atoms with Crippen molar-refractivity contribution >= 4 is 23.2 Å². The van der Waals surface area contributed by atoms with Crippen molar-refractivity contribution in [3.05, 3.63) is 34.9 Å². The van der Waals surface area contributed by atoms with Gasteiger partial charge in [-0.2, -0.15) is 0 Å². The van der Waals surface area contributed by atoms with Crippen molar-refractivity contribution in [1.82, 2.24) is 0 Å². The Bertz CT molecular complexity index is 294. The molecular formula is C13H18Cl2. The summed E-state index contributed by atoms with van der Waals surface area (Å²) in [6.07, 6.45) is 3.05. The molecule has 2 heteroatoms. The molecule has 0 aromatic heterocycles. The van der Waals surface area contributed by atoms with Gasteiger partial charge in [-0.05, 0) is 36.8 Å². The summed E-state index contributed by atoms with van der Waals surface area (Å²) in [6.45, 7) is 4.40. The summed E-state index contributed by atoms with van der Waals surface area (Å²) in [5, 5.41) is 1.12. The van der Waals surface area contributed by atoms with Gasteiger partial charge in [0.2, 0.25) is 0 Å². The van der Waals surface area contributed by atoms with Gasteiger partial charge in [0.15, 0.2) is 0 Å². The second-order valence-corrected chi connectivity index (χ2v) is 5.38. The fourth-order valence-corrected chi connectivity index (χ4v) is 2.34. The predicted molar refractivity (Wildman–Crippen MR) is 68.9 cm³/mol. The molecule has 0 radical (unpaired) electrons. The van der Waals surface area contributed by atoms with Gasteiger partial charge in [-0.1, -0.05) is 43.6 Å². The molecule has 84 valence electrons. The molecule has 0 saturated heterocycles. The fraction of sp³-hybridized carbons (Fsp3) is 0.538. The van der Waals surface area contributed by atoms with E-state index in [0.717, 1.165) is 24.3 Å². The topological polar surface area (TPSA) is 0 Å². The normalized spacial score (nSPS) is 13.1. The monoisotopic (exact) mass is 244 g/mol. The van der Waals surface area contributed by atoms with Crippen LogP contribution in [0.3, 0.4) is 0 Å². The molecule has 0 fully saturated rings. The lowest BCUT2D eigenvalue weighted by molar-refractivity contribution is 0.544. The number of benzene rings is 1. The molecule has 1 aromatic rings. The summed E-state index contributed by atoms with van der Waals surface area (Å²) in [5.74, 6) is 0.666. The highest BCUT2D eigenvalue weighted by Crippen LogP contribution is 2.21. The first kappa shape index (κ1) is 12.9. The number of alkyl halides is 1. The number of aryl methyl sites for hydroxylation is 1. The van der Waals surface area contributed by atoms with Crippen LogP contribution in [0.2, 0.25) is 5.02 Å². The number of hydrogen-bond donors (Lipinski definition) is 0. The molecule has 0 spiro atoms. The summed E-state index contributed by atoms with van der Waals surface area (Å²) in [7, 11) is 0. The molecule has 0 amide bonds.